The molecular weight excluding hydrogens is 164 g/mol. The predicted octanol–water partition coefficient (Wildman–Crippen LogP) is 1.40. The van der Waals surface area contributed by atoms with E-state index in [9.17, 15) is 8.42 Å². The zero-order valence-corrected chi connectivity index (χ0v) is 8.15. The van der Waals surface area contributed by atoms with Crippen LogP contribution in [0.15, 0.2) is 0 Å². The number of hydrogen-bond donors (Lipinski definition) is 0. The molecule has 0 aromatic heterocycles. The van der Waals surface area contributed by atoms with Crippen LogP contribution >= 0.6 is 0 Å². The molecule has 0 aliphatic carbocycles. The van der Waals surface area contributed by atoms with Gasteiger partial charge in [-0.3, -0.25) is 4.18 Å². The lowest BCUT2D eigenvalue weighted by atomic mass is 10.2. The van der Waals surface area contributed by atoms with Gasteiger partial charge in [-0.15, -0.1) is 0 Å². The van der Waals surface area contributed by atoms with Crippen molar-refractivity contribution < 1.29 is 12.6 Å². The molecule has 0 N–H and O–H groups in total. The SMILES string of the molecule is CCCS(=O)(=O)OCC(C)C. The summed E-state index contributed by atoms with van der Waals surface area (Å²) >= 11 is 0. The molecular formula is C7H16O3S. The van der Waals surface area contributed by atoms with E-state index in [1.165, 1.54) is 0 Å². The van der Waals surface area contributed by atoms with Crippen LogP contribution in [0, 0.1) is 5.92 Å². The van der Waals surface area contributed by atoms with Crippen LogP contribution in [0.4, 0.5) is 0 Å². The summed E-state index contributed by atoms with van der Waals surface area (Å²) in [6, 6.07) is 0. The standard InChI is InChI=1S/C7H16O3S/c1-4-5-11(8,9)10-6-7(2)3/h7H,4-6H2,1-3H3. The second-order valence-electron chi connectivity index (χ2n) is 2.94. The minimum atomic E-state index is -3.23. The summed E-state index contributed by atoms with van der Waals surface area (Å²) in [5.41, 5.74) is 0. The summed E-state index contributed by atoms with van der Waals surface area (Å²) in [4.78, 5) is 0. The van der Waals surface area contributed by atoms with Crippen molar-refractivity contribution in [2.24, 2.45) is 5.92 Å². The summed E-state index contributed by atoms with van der Waals surface area (Å²) in [6.45, 7) is 5.95. The van der Waals surface area contributed by atoms with Crippen molar-refractivity contribution in [1.29, 1.82) is 0 Å². The first-order valence-corrected chi connectivity index (χ1v) is 5.42. The lowest BCUT2D eigenvalue weighted by molar-refractivity contribution is 0.275. The van der Waals surface area contributed by atoms with Gasteiger partial charge >= 0.3 is 0 Å². The van der Waals surface area contributed by atoms with Crippen LogP contribution in [-0.2, 0) is 14.3 Å². The topological polar surface area (TPSA) is 43.4 Å². The first-order valence-electron chi connectivity index (χ1n) is 3.85. The van der Waals surface area contributed by atoms with Gasteiger partial charge in [0, 0.05) is 0 Å². The van der Waals surface area contributed by atoms with E-state index in [0.29, 0.717) is 13.0 Å². The molecule has 11 heavy (non-hydrogen) atoms. The van der Waals surface area contributed by atoms with Crippen molar-refractivity contribution in [2.45, 2.75) is 27.2 Å². The van der Waals surface area contributed by atoms with Gasteiger partial charge in [-0.05, 0) is 12.3 Å². The molecule has 0 atom stereocenters. The molecule has 0 bridgehead atoms. The van der Waals surface area contributed by atoms with Gasteiger partial charge in [0.05, 0.1) is 12.4 Å². The van der Waals surface area contributed by atoms with Gasteiger partial charge in [0.2, 0.25) is 0 Å². The Kier molecular flexibility index (Phi) is 4.68. The fourth-order valence-corrected chi connectivity index (χ4v) is 1.65. The minimum Gasteiger partial charge on any atom is -0.270 e. The van der Waals surface area contributed by atoms with Gasteiger partial charge in [0.25, 0.3) is 10.1 Å². The first-order chi connectivity index (χ1) is 4.98. The van der Waals surface area contributed by atoms with E-state index in [1.54, 1.807) is 0 Å². The van der Waals surface area contributed by atoms with Gasteiger partial charge in [0.1, 0.15) is 0 Å². The highest BCUT2D eigenvalue weighted by atomic mass is 32.2. The summed E-state index contributed by atoms with van der Waals surface area (Å²) < 4.78 is 26.5. The van der Waals surface area contributed by atoms with E-state index < -0.39 is 10.1 Å². The van der Waals surface area contributed by atoms with Crippen molar-refractivity contribution in [3.05, 3.63) is 0 Å². The maximum atomic E-state index is 10.9. The highest BCUT2D eigenvalue weighted by Gasteiger charge is 2.09. The van der Waals surface area contributed by atoms with Crippen molar-refractivity contribution in [3.8, 4) is 0 Å². The van der Waals surface area contributed by atoms with Gasteiger partial charge < -0.3 is 0 Å². The van der Waals surface area contributed by atoms with Crippen molar-refractivity contribution in [2.75, 3.05) is 12.4 Å². The zero-order chi connectivity index (χ0) is 8.91. The Bertz CT molecular complexity index is 182. The molecule has 0 spiro atoms. The van der Waals surface area contributed by atoms with E-state index in [-0.39, 0.29) is 11.7 Å². The molecule has 0 radical (unpaired) electrons. The van der Waals surface area contributed by atoms with Crippen LogP contribution in [0.5, 0.6) is 0 Å². The predicted molar refractivity (Wildman–Crippen MR) is 44.9 cm³/mol. The molecule has 0 amide bonds. The fraction of sp³-hybridized carbons (Fsp3) is 1.00. The third kappa shape index (κ3) is 6.31. The quantitative estimate of drug-likeness (QED) is 0.601. The summed E-state index contributed by atoms with van der Waals surface area (Å²) in [6.07, 6.45) is 0.612. The van der Waals surface area contributed by atoms with Crippen molar-refractivity contribution in [3.63, 3.8) is 0 Å². The van der Waals surface area contributed by atoms with Crippen LogP contribution in [0.25, 0.3) is 0 Å². The highest BCUT2D eigenvalue weighted by Crippen LogP contribution is 2.00. The summed E-state index contributed by atoms with van der Waals surface area (Å²) in [7, 11) is -3.23. The fourth-order valence-electron chi connectivity index (χ4n) is 0.549. The molecule has 3 nitrogen and oxygen atoms in total. The molecule has 0 fully saturated rings. The van der Waals surface area contributed by atoms with Crippen molar-refractivity contribution in [1.82, 2.24) is 0 Å². The Morgan fingerprint density at radius 2 is 1.91 bits per heavy atom. The summed E-state index contributed by atoms with van der Waals surface area (Å²) in [5.74, 6) is 0.390. The molecule has 4 heteroatoms. The Labute approximate surface area is 68.9 Å². The van der Waals surface area contributed by atoms with E-state index in [1.807, 2.05) is 20.8 Å². The molecule has 0 heterocycles. The van der Waals surface area contributed by atoms with Gasteiger partial charge in [-0.1, -0.05) is 20.8 Å². The molecule has 68 valence electrons. The lowest BCUT2D eigenvalue weighted by Gasteiger charge is -2.05. The second-order valence-corrected chi connectivity index (χ2v) is 4.70. The van der Waals surface area contributed by atoms with Gasteiger partial charge in [-0.2, -0.15) is 8.42 Å². The van der Waals surface area contributed by atoms with E-state index in [4.69, 9.17) is 4.18 Å². The number of hydrogen-bond acceptors (Lipinski definition) is 3. The molecule has 0 aliphatic rings. The largest absolute Gasteiger partial charge is 0.270 e. The number of rotatable bonds is 5. The maximum absolute atomic E-state index is 10.9. The van der Waals surface area contributed by atoms with Crippen LogP contribution in [0.1, 0.15) is 27.2 Å². The molecule has 0 aliphatic heterocycles. The van der Waals surface area contributed by atoms with Crippen LogP contribution < -0.4 is 0 Å². The monoisotopic (exact) mass is 180 g/mol. The van der Waals surface area contributed by atoms with Crippen LogP contribution in [0.2, 0.25) is 0 Å². The lowest BCUT2D eigenvalue weighted by Crippen LogP contribution is -2.13. The Morgan fingerprint density at radius 3 is 2.27 bits per heavy atom. The van der Waals surface area contributed by atoms with Crippen LogP contribution in [0.3, 0.4) is 0 Å². The maximum Gasteiger partial charge on any atom is 0.267 e. The third-order valence-electron chi connectivity index (χ3n) is 1.04. The normalized spacial score (nSPS) is 12.4. The Balaban J connectivity index is 3.74. The Hall–Kier alpha value is -0.0900. The smallest absolute Gasteiger partial charge is 0.267 e. The minimum absolute atomic E-state index is 0.125. The summed E-state index contributed by atoms with van der Waals surface area (Å²) in [5, 5.41) is 0. The van der Waals surface area contributed by atoms with E-state index in [0.717, 1.165) is 0 Å². The van der Waals surface area contributed by atoms with Gasteiger partial charge in [0.15, 0.2) is 0 Å². The molecule has 0 aromatic rings. The third-order valence-corrected chi connectivity index (χ3v) is 2.44. The van der Waals surface area contributed by atoms with Gasteiger partial charge in [-0.25, -0.2) is 0 Å². The zero-order valence-electron chi connectivity index (χ0n) is 7.33. The van der Waals surface area contributed by atoms with Crippen LogP contribution in [-0.4, -0.2) is 20.8 Å². The molecule has 0 rings (SSSR count). The van der Waals surface area contributed by atoms with E-state index in [2.05, 4.69) is 0 Å². The van der Waals surface area contributed by atoms with E-state index >= 15 is 0 Å². The first kappa shape index (κ1) is 10.9. The Morgan fingerprint density at radius 1 is 1.36 bits per heavy atom. The highest BCUT2D eigenvalue weighted by molar-refractivity contribution is 7.86. The molecule has 0 saturated carbocycles. The second kappa shape index (κ2) is 4.72. The average Bonchev–Trinajstić information content (AvgIpc) is 1.84. The molecule has 0 aromatic carbocycles. The average molecular weight is 180 g/mol. The molecule has 0 unspecified atom stereocenters. The van der Waals surface area contributed by atoms with Crippen molar-refractivity contribution >= 4 is 10.1 Å². The molecule has 0 saturated heterocycles.